The molecule has 7 nitrogen and oxygen atoms in total. The van der Waals surface area contributed by atoms with E-state index in [-0.39, 0.29) is 23.5 Å². The minimum Gasteiger partial charge on any atom is -0.462 e. The Hall–Kier alpha value is -3.00. The monoisotopic (exact) mass is 385 g/mol. The third-order valence-corrected chi connectivity index (χ3v) is 4.92. The van der Waals surface area contributed by atoms with Crippen LogP contribution in [0.4, 0.5) is 0 Å². The molecule has 0 unspecified atom stereocenters. The first kappa shape index (κ1) is 18.8. The van der Waals surface area contributed by atoms with Crippen LogP contribution in [0.2, 0.25) is 0 Å². The molecule has 0 fully saturated rings. The molecule has 140 valence electrons. The summed E-state index contributed by atoms with van der Waals surface area (Å²) < 4.78 is 6.72. The summed E-state index contributed by atoms with van der Waals surface area (Å²) in [4.78, 5) is 42.5. The number of aromatic nitrogens is 2. The van der Waals surface area contributed by atoms with Crippen molar-refractivity contribution in [2.24, 2.45) is 0 Å². The lowest BCUT2D eigenvalue weighted by atomic mass is 10.1. The zero-order chi connectivity index (χ0) is 19.6. The van der Waals surface area contributed by atoms with E-state index < -0.39 is 5.97 Å². The van der Waals surface area contributed by atoms with Gasteiger partial charge in [-0.05, 0) is 19.1 Å². The maximum atomic E-state index is 12.7. The standard InChI is InChI=1S/C19H19N3O4S/c1-4-26-19(25)14-9-22(15-8-6-5-7-13(15)18(14)24)16-11-27-17(20-16)10-21(3)12(2)23/h5-9,11H,4,10H2,1-3H3. The van der Waals surface area contributed by atoms with Crippen molar-refractivity contribution >= 4 is 34.1 Å². The van der Waals surface area contributed by atoms with E-state index in [1.54, 1.807) is 41.6 Å². The van der Waals surface area contributed by atoms with E-state index in [2.05, 4.69) is 4.98 Å². The smallest absolute Gasteiger partial charge is 0.343 e. The second-order valence-corrected chi connectivity index (χ2v) is 6.90. The highest BCUT2D eigenvalue weighted by molar-refractivity contribution is 7.09. The van der Waals surface area contributed by atoms with Gasteiger partial charge in [0.05, 0.1) is 18.7 Å². The van der Waals surface area contributed by atoms with Crippen LogP contribution in [0.25, 0.3) is 16.7 Å². The maximum Gasteiger partial charge on any atom is 0.343 e. The molecule has 0 radical (unpaired) electrons. The van der Waals surface area contributed by atoms with Gasteiger partial charge in [0.25, 0.3) is 0 Å². The molecule has 1 aromatic carbocycles. The molecule has 0 spiro atoms. The summed E-state index contributed by atoms with van der Waals surface area (Å²) in [5.41, 5.74) is 0.241. The van der Waals surface area contributed by atoms with Crippen LogP contribution in [0.3, 0.4) is 0 Å². The fourth-order valence-corrected chi connectivity index (χ4v) is 3.44. The van der Waals surface area contributed by atoms with Crippen molar-refractivity contribution in [1.82, 2.24) is 14.5 Å². The first-order chi connectivity index (χ1) is 12.9. The van der Waals surface area contributed by atoms with Crippen molar-refractivity contribution in [3.8, 4) is 5.82 Å². The summed E-state index contributed by atoms with van der Waals surface area (Å²) in [6, 6.07) is 7.04. The molecule has 2 aromatic heterocycles. The first-order valence-electron chi connectivity index (χ1n) is 8.40. The Morgan fingerprint density at radius 2 is 2.04 bits per heavy atom. The number of benzene rings is 1. The Morgan fingerprint density at radius 3 is 2.74 bits per heavy atom. The molecule has 0 bridgehead atoms. The number of hydrogen-bond acceptors (Lipinski definition) is 6. The van der Waals surface area contributed by atoms with E-state index in [1.807, 2.05) is 11.4 Å². The summed E-state index contributed by atoms with van der Waals surface area (Å²) >= 11 is 1.41. The molecule has 2 heterocycles. The van der Waals surface area contributed by atoms with Crippen LogP contribution in [-0.4, -0.2) is 40.0 Å². The van der Waals surface area contributed by atoms with Gasteiger partial charge in [-0.25, -0.2) is 9.78 Å². The van der Waals surface area contributed by atoms with Gasteiger partial charge in [-0.15, -0.1) is 11.3 Å². The quantitative estimate of drug-likeness (QED) is 0.631. The number of fused-ring (bicyclic) bond motifs is 1. The molecule has 3 aromatic rings. The fourth-order valence-electron chi connectivity index (χ4n) is 2.62. The Labute approximate surface area is 159 Å². The number of carbonyl (C=O) groups is 2. The van der Waals surface area contributed by atoms with Crippen molar-refractivity contribution in [3.05, 3.63) is 56.6 Å². The van der Waals surface area contributed by atoms with Crippen LogP contribution in [0, 0.1) is 0 Å². The highest BCUT2D eigenvalue weighted by Gasteiger charge is 2.18. The maximum absolute atomic E-state index is 12.7. The zero-order valence-electron chi connectivity index (χ0n) is 15.3. The molecule has 1 amide bonds. The second-order valence-electron chi connectivity index (χ2n) is 5.95. The number of amides is 1. The number of nitrogens with zero attached hydrogens (tertiary/aromatic N) is 3. The van der Waals surface area contributed by atoms with Crippen LogP contribution < -0.4 is 5.43 Å². The number of rotatable bonds is 5. The highest BCUT2D eigenvalue weighted by atomic mass is 32.1. The van der Waals surface area contributed by atoms with E-state index in [0.717, 1.165) is 5.01 Å². The van der Waals surface area contributed by atoms with Gasteiger partial charge in [-0.3, -0.25) is 14.2 Å². The number of ether oxygens (including phenoxy) is 1. The molecular weight excluding hydrogens is 366 g/mol. The van der Waals surface area contributed by atoms with E-state index >= 15 is 0 Å². The molecule has 0 N–H and O–H groups in total. The summed E-state index contributed by atoms with van der Waals surface area (Å²) in [7, 11) is 1.71. The second kappa shape index (κ2) is 7.71. The van der Waals surface area contributed by atoms with E-state index in [9.17, 15) is 14.4 Å². The van der Waals surface area contributed by atoms with Gasteiger partial charge in [-0.1, -0.05) is 12.1 Å². The van der Waals surface area contributed by atoms with Crippen LogP contribution in [0.1, 0.15) is 29.2 Å². The number of carbonyl (C=O) groups excluding carboxylic acids is 2. The first-order valence-corrected chi connectivity index (χ1v) is 9.28. The van der Waals surface area contributed by atoms with E-state index in [0.29, 0.717) is 23.3 Å². The lowest BCUT2D eigenvalue weighted by Gasteiger charge is -2.12. The molecule has 0 saturated carbocycles. The lowest BCUT2D eigenvalue weighted by molar-refractivity contribution is -0.128. The predicted octanol–water partition coefficient (Wildman–Crippen LogP) is 2.60. The van der Waals surface area contributed by atoms with Gasteiger partial charge < -0.3 is 9.64 Å². The molecule has 27 heavy (non-hydrogen) atoms. The summed E-state index contributed by atoms with van der Waals surface area (Å²) in [6.07, 6.45) is 1.47. The van der Waals surface area contributed by atoms with Gasteiger partial charge >= 0.3 is 5.97 Å². The Balaban J connectivity index is 2.12. The Morgan fingerprint density at radius 1 is 1.30 bits per heavy atom. The molecule has 0 aliphatic heterocycles. The Kier molecular flexibility index (Phi) is 5.36. The SMILES string of the molecule is CCOC(=O)c1cn(-c2csc(CN(C)C(C)=O)n2)c2ccccc2c1=O. The molecule has 0 aliphatic rings. The van der Waals surface area contributed by atoms with E-state index in [1.165, 1.54) is 24.5 Å². The van der Waals surface area contributed by atoms with Crippen molar-refractivity contribution in [3.63, 3.8) is 0 Å². The summed E-state index contributed by atoms with van der Waals surface area (Å²) in [6.45, 7) is 3.76. The fraction of sp³-hybridized carbons (Fsp3) is 0.263. The number of pyridine rings is 1. The summed E-state index contributed by atoms with van der Waals surface area (Å²) in [5, 5.41) is 3.00. The molecular formula is C19H19N3O4S. The molecule has 0 atom stereocenters. The normalized spacial score (nSPS) is 10.8. The average molecular weight is 385 g/mol. The van der Waals surface area contributed by atoms with Crippen molar-refractivity contribution in [2.45, 2.75) is 20.4 Å². The third-order valence-electron chi connectivity index (χ3n) is 4.10. The topological polar surface area (TPSA) is 81.5 Å². The minimum absolute atomic E-state index is 0.0362. The zero-order valence-corrected chi connectivity index (χ0v) is 16.1. The van der Waals surface area contributed by atoms with Gasteiger partial charge in [0.1, 0.15) is 16.4 Å². The molecule has 0 saturated heterocycles. The lowest BCUT2D eigenvalue weighted by Crippen LogP contribution is -2.23. The van der Waals surface area contributed by atoms with Crippen LogP contribution in [0.5, 0.6) is 0 Å². The number of hydrogen-bond donors (Lipinski definition) is 0. The van der Waals surface area contributed by atoms with Crippen LogP contribution in [0.15, 0.2) is 40.6 Å². The van der Waals surface area contributed by atoms with Gasteiger partial charge in [-0.2, -0.15) is 0 Å². The van der Waals surface area contributed by atoms with Gasteiger partial charge in [0.2, 0.25) is 11.3 Å². The Bertz CT molecular complexity index is 1070. The largest absolute Gasteiger partial charge is 0.462 e. The predicted molar refractivity (Wildman–Crippen MR) is 103 cm³/mol. The third kappa shape index (κ3) is 3.75. The van der Waals surface area contributed by atoms with Crippen molar-refractivity contribution in [1.29, 1.82) is 0 Å². The van der Waals surface area contributed by atoms with Crippen molar-refractivity contribution in [2.75, 3.05) is 13.7 Å². The van der Waals surface area contributed by atoms with Crippen LogP contribution >= 0.6 is 11.3 Å². The number of para-hydroxylation sites is 1. The highest BCUT2D eigenvalue weighted by Crippen LogP contribution is 2.21. The van der Waals surface area contributed by atoms with Gasteiger partial charge in [0, 0.05) is 30.9 Å². The van der Waals surface area contributed by atoms with E-state index in [4.69, 9.17) is 4.74 Å². The van der Waals surface area contributed by atoms with Crippen LogP contribution in [-0.2, 0) is 16.1 Å². The number of esters is 1. The number of thiazole rings is 1. The average Bonchev–Trinajstić information content (AvgIpc) is 3.10. The summed E-state index contributed by atoms with van der Waals surface area (Å²) in [5.74, 6) is -0.132. The molecule has 0 aliphatic carbocycles. The molecule has 3 rings (SSSR count). The van der Waals surface area contributed by atoms with Gasteiger partial charge in [0.15, 0.2) is 0 Å². The minimum atomic E-state index is -0.659. The molecule has 8 heteroatoms. The van der Waals surface area contributed by atoms with Crippen molar-refractivity contribution < 1.29 is 14.3 Å².